The van der Waals surface area contributed by atoms with Crippen molar-refractivity contribution >= 4 is 11.8 Å². The molecule has 3 aliphatic rings. The standard InChI is InChI=1S/C14H22N2O3/c1-9-5-12(9)16-7-11(6-13(16)17)15-14(18)10-3-2-4-19-8-10/h9-12H,2-8H2,1H3,(H,15,18)/t9-,10+,11-,12+/m1/s1. The Morgan fingerprint density at radius 1 is 1.47 bits per heavy atom. The normalized spacial score (nSPS) is 38.4. The van der Waals surface area contributed by atoms with Crippen molar-refractivity contribution in [3.63, 3.8) is 0 Å². The van der Waals surface area contributed by atoms with E-state index in [1.165, 1.54) is 0 Å². The maximum atomic E-state index is 12.1. The molecule has 0 bridgehead atoms. The van der Waals surface area contributed by atoms with Crippen LogP contribution in [0.15, 0.2) is 0 Å². The van der Waals surface area contributed by atoms with E-state index in [0.29, 0.717) is 31.5 Å². The number of ether oxygens (including phenoxy) is 1. The molecular weight excluding hydrogens is 244 g/mol. The molecule has 2 heterocycles. The second-order valence-corrected chi connectivity index (χ2v) is 6.15. The number of hydrogen-bond donors (Lipinski definition) is 1. The summed E-state index contributed by atoms with van der Waals surface area (Å²) in [5.41, 5.74) is 0. The number of amides is 2. The first kappa shape index (κ1) is 12.9. The van der Waals surface area contributed by atoms with Crippen molar-refractivity contribution < 1.29 is 14.3 Å². The average molecular weight is 266 g/mol. The zero-order valence-corrected chi connectivity index (χ0v) is 11.4. The highest BCUT2D eigenvalue weighted by atomic mass is 16.5. The van der Waals surface area contributed by atoms with Crippen LogP contribution in [-0.2, 0) is 14.3 Å². The molecule has 106 valence electrons. The number of carbonyl (C=O) groups excluding carboxylic acids is 2. The molecule has 2 saturated heterocycles. The lowest BCUT2D eigenvalue weighted by atomic mass is 10.0. The molecule has 19 heavy (non-hydrogen) atoms. The fraction of sp³-hybridized carbons (Fsp3) is 0.857. The third kappa shape index (κ3) is 2.76. The molecule has 3 rings (SSSR count). The van der Waals surface area contributed by atoms with Crippen molar-refractivity contribution in [3.8, 4) is 0 Å². The fourth-order valence-electron chi connectivity index (χ4n) is 3.15. The van der Waals surface area contributed by atoms with Crippen LogP contribution in [0.25, 0.3) is 0 Å². The van der Waals surface area contributed by atoms with Gasteiger partial charge >= 0.3 is 0 Å². The lowest BCUT2D eigenvalue weighted by Crippen LogP contribution is -2.43. The summed E-state index contributed by atoms with van der Waals surface area (Å²) in [5, 5.41) is 3.03. The number of likely N-dealkylation sites (tertiary alicyclic amines) is 1. The number of nitrogens with one attached hydrogen (secondary N) is 1. The molecule has 0 radical (unpaired) electrons. The number of nitrogens with zero attached hydrogens (tertiary/aromatic N) is 1. The highest BCUT2D eigenvalue weighted by Gasteiger charge is 2.45. The third-order valence-corrected chi connectivity index (χ3v) is 4.50. The molecule has 2 amide bonds. The van der Waals surface area contributed by atoms with E-state index in [0.717, 1.165) is 25.9 Å². The van der Waals surface area contributed by atoms with Crippen LogP contribution in [0.5, 0.6) is 0 Å². The maximum absolute atomic E-state index is 12.1. The molecule has 0 aromatic rings. The summed E-state index contributed by atoms with van der Waals surface area (Å²) in [6.45, 7) is 4.14. The van der Waals surface area contributed by atoms with Crippen LogP contribution < -0.4 is 5.32 Å². The van der Waals surface area contributed by atoms with Crippen molar-refractivity contribution in [2.45, 2.75) is 44.7 Å². The Hall–Kier alpha value is -1.10. The smallest absolute Gasteiger partial charge is 0.225 e. The van der Waals surface area contributed by atoms with Crippen LogP contribution in [0, 0.1) is 11.8 Å². The molecule has 2 aliphatic heterocycles. The van der Waals surface area contributed by atoms with Crippen LogP contribution in [-0.4, -0.2) is 48.6 Å². The van der Waals surface area contributed by atoms with Gasteiger partial charge in [0.15, 0.2) is 0 Å². The summed E-state index contributed by atoms with van der Waals surface area (Å²) in [7, 11) is 0. The summed E-state index contributed by atoms with van der Waals surface area (Å²) in [5.74, 6) is 0.852. The van der Waals surface area contributed by atoms with E-state index in [2.05, 4.69) is 12.2 Å². The molecule has 1 aliphatic carbocycles. The first-order valence-corrected chi connectivity index (χ1v) is 7.32. The van der Waals surface area contributed by atoms with Gasteiger partial charge in [-0.15, -0.1) is 0 Å². The summed E-state index contributed by atoms with van der Waals surface area (Å²) >= 11 is 0. The highest BCUT2D eigenvalue weighted by molar-refractivity contribution is 5.83. The van der Waals surface area contributed by atoms with Crippen molar-refractivity contribution in [1.29, 1.82) is 0 Å². The van der Waals surface area contributed by atoms with E-state index >= 15 is 0 Å². The first-order chi connectivity index (χ1) is 9.15. The minimum absolute atomic E-state index is 0.00488. The zero-order valence-electron chi connectivity index (χ0n) is 11.4. The van der Waals surface area contributed by atoms with E-state index in [9.17, 15) is 9.59 Å². The van der Waals surface area contributed by atoms with Crippen molar-refractivity contribution in [2.75, 3.05) is 19.8 Å². The number of rotatable bonds is 3. The van der Waals surface area contributed by atoms with Gasteiger partial charge in [-0.3, -0.25) is 9.59 Å². The monoisotopic (exact) mass is 266 g/mol. The van der Waals surface area contributed by atoms with Gasteiger partial charge < -0.3 is 15.0 Å². The Balaban J connectivity index is 1.50. The lowest BCUT2D eigenvalue weighted by molar-refractivity contribution is -0.129. The Bertz CT molecular complexity index is 379. The minimum atomic E-state index is -0.0299. The van der Waals surface area contributed by atoms with Gasteiger partial charge in [0.1, 0.15) is 0 Å². The van der Waals surface area contributed by atoms with Crippen molar-refractivity contribution in [3.05, 3.63) is 0 Å². The van der Waals surface area contributed by atoms with Gasteiger partial charge in [-0.1, -0.05) is 6.92 Å². The van der Waals surface area contributed by atoms with Gasteiger partial charge in [-0.05, 0) is 25.2 Å². The molecule has 0 aromatic heterocycles. The molecule has 3 fully saturated rings. The molecule has 0 aromatic carbocycles. The Kier molecular flexibility index (Phi) is 3.48. The van der Waals surface area contributed by atoms with E-state index in [1.807, 2.05) is 4.90 Å². The molecular formula is C14H22N2O3. The van der Waals surface area contributed by atoms with Crippen LogP contribution in [0.2, 0.25) is 0 Å². The quantitative estimate of drug-likeness (QED) is 0.811. The van der Waals surface area contributed by atoms with E-state index in [-0.39, 0.29) is 23.8 Å². The van der Waals surface area contributed by atoms with E-state index in [4.69, 9.17) is 4.74 Å². The van der Waals surface area contributed by atoms with Crippen molar-refractivity contribution in [2.24, 2.45) is 11.8 Å². The molecule has 0 unspecified atom stereocenters. The first-order valence-electron chi connectivity index (χ1n) is 7.32. The highest BCUT2D eigenvalue weighted by Crippen LogP contribution is 2.37. The summed E-state index contributed by atoms with van der Waals surface area (Å²) in [6, 6.07) is 0.419. The topological polar surface area (TPSA) is 58.6 Å². The van der Waals surface area contributed by atoms with Crippen LogP contribution in [0.3, 0.4) is 0 Å². The second-order valence-electron chi connectivity index (χ2n) is 6.15. The maximum Gasteiger partial charge on any atom is 0.225 e. The number of hydrogen-bond acceptors (Lipinski definition) is 3. The Labute approximate surface area is 113 Å². The predicted molar refractivity (Wildman–Crippen MR) is 69.4 cm³/mol. The summed E-state index contributed by atoms with van der Waals surface area (Å²) in [6.07, 6.45) is 3.43. The van der Waals surface area contributed by atoms with Gasteiger partial charge in [0.25, 0.3) is 0 Å². The Morgan fingerprint density at radius 3 is 2.89 bits per heavy atom. The van der Waals surface area contributed by atoms with Crippen LogP contribution >= 0.6 is 0 Å². The molecule has 1 N–H and O–H groups in total. The summed E-state index contributed by atoms with van der Waals surface area (Å²) in [4.78, 5) is 26.0. The Morgan fingerprint density at radius 2 is 2.26 bits per heavy atom. The van der Waals surface area contributed by atoms with Gasteiger partial charge in [0.05, 0.1) is 18.6 Å². The van der Waals surface area contributed by atoms with Crippen molar-refractivity contribution in [1.82, 2.24) is 10.2 Å². The molecule has 4 atom stereocenters. The predicted octanol–water partition coefficient (Wildman–Crippen LogP) is 0.538. The SMILES string of the molecule is C[C@@H]1C[C@@H]1N1C[C@H](NC(=O)[C@H]2CCCOC2)CC1=O. The largest absolute Gasteiger partial charge is 0.381 e. The van der Waals surface area contributed by atoms with E-state index < -0.39 is 0 Å². The van der Waals surface area contributed by atoms with Crippen LogP contribution in [0.4, 0.5) is 0 Å². The molecule has 0 spiro atoms. The zero-order chi connectivity index (χ0) is 13.4. The summed E-state index contributed by atoms with van der Waals surface area (Å²) < 4.78 is 5.33. The van der Waals surface area contributed by atoms with Crippen LogP contribution in [0.1, 0.15) is 32.6 Å². The third-order valence-electron chi connectivity index (χ3n) is 4.50. The number of carbonyl (C=O) groups is 2. The van der Waals surface area contributed by atoms with Gasteiger partial charge in [-0.2, -0.15) is 0 Å². The lowest BCUT2D eigenvalue weighted by Gasteiger charge is -2.23. The van der Waals surface area contributed by atoms with E-state index in [1.54, 1.807) is 0 Å². The fourth-order valence-corrected chi connectivity index (χ4v) is 3.15. The molecule has 5 nitrogen and oxygen atoms in total. The minimum Gasteiger partial charge on any atom is -0.381 e. The molecule has 5 heteroatoms. The van der Waals surface area contributed by atoms with Gasteiger partial charge in [0, 0.05) is 25.6 Å². The molecule has 1 saturated carbocycles. The van der Waals surface area contributed by atoms with Gasteiger partial charge in [0.2, 0.25) is 11.8 Å². The average Bonchev–Trinajstić information content (AvgIpc) is 3.02. The van der Waals surface area contributed by atoms with Gasteiger partial charge in [-0.25, -0.2) is 0 Å². The second kappa shape index (κ2) is 5.12.